The van der Waals surface area contributed by atoms with Crippen LogP contribution in [-0.2, 0) is 9.53 Å². The number of nitrogens with one attached hydrogen (secondary N) is 1. The predicted molar refractivity (Wildman–Crippen MR) is 75.2 cm³/mol. The molecule has 1 amide bonds. The van der Waals surface area contributed by atoms with E-state index in [2.05, 4.69) is 5.32 Å². The Kier molecular flexibility index (Phi) is 5.36. The summed E-state index contributed by atoms with van der Waals surface area (Å²) < 4.78 is 5.30. The van der Waals surface area contributed by atoms with Crippen LogP contribution in [0.5, 0.6) is 5.75 Å². The molecule has 0 aliphatic heterocycles. The molecule has 1 aromatic carbocycles. The average molecular weight is 265 g/mol. The number of carbonyl (C=O) groups excluding carboxylic acids is 1. The Balaban J connectivity index is 2.47. The molecule has 4 heteroatoms. The number of rotatable bonds is 6. The smallest absolute Gasteiger partial charge is 0.227 e. The van der Waals surface area contributed by atoms with Crippen LogP contribution < -0.4 is 5.32 Å². The molecule has 1 atom stereocenters. The van der Waals surface area contributed by atoms with Crippen LogP contribution in [0.15, 0.2) is 24.3 Å². The van der Waals surface area contributed by atoms with Gasteiger partial charge in [0.2, 0.25) is 5.91 Å². The lowest BCUT2D eigenvalue weighted by Crippen LogP contribution is -2.34. The molecule has 0 aromatic heterocycles. The SMILES string of the molecule is COC(C)(C)CCNC(=O)[C@@H](C)c1ccc(O)cc1. The van der Waals surface area contributed by atoms with Gasteiger partial charge in [0.25, 0.3) is 0 Å². The zero-order valence-electron chi connectivity index (χ0n) is 12.1. The van der Waals surface area contributed by atoms with E-state index in [1.165, 1.54) is 0 Å². The molecule has 19 heavy (non-hydrogen) atoms. The molecular weight excluding hydrogens is 242 g/mol. The third-order valence-electron chi connectivity index (χ3n) is 3.37. The second kappa shape index (κ2) is 6.57. The first-order valence-corrected chi connectivity index (χ1v) is 6.47. The Bertz CT molecular complexity index is 412. The van der Waals surface area contributed by atoms with Crippen LogP contribution in [0.25, 0.3) is 0 Å². The number of ether oxygens (including phenoxy) is 1. The Hall–Kier alpha value is -1.55. The zero-order chi connectivity index (χ0) is 14.5. The molecule has 0 spiro atoms. The summed E-state index contributed by atoms with van der Waals surface area (Å²) in [6, 6.07) is 6.71. The van der Waals surface area contributed by atoms with E-state index in [-0.39, 0.29) is 23.2 Å². The highest BCUT2D eigenvalue weighted by Crippen LogP contribution is 2.18. The average Bonchev–Trinajstić information content (AvgIpc) is 2.38. The van der Waals surface area contributed by atoms with Crippen LogP contribution in [0.4, 0.5) is 0 Å². The number of phenols is 1. The molecule has 0 saturated carbocycles. The Morgan fingerprint density at radius 3 is 2.47 bits per heavy atom. The molecule has 0 heterocycles. The molecule has 2 N–H and O–H groups in total. The highest BCUT2D eigenvalue weighted by atomic mass is 16.5. The lowest BCUT2D eigenvalue weighted by atomic mass is 10.00. The maximum absolute atomic E-state index is 12.0. The fraction of sp³-hybridized carbons (Fsp3) is 0.533. The van der Waals surface area contributed by atoms with Crippen molar-refractivity contribution in [3.63, 3.8) is 0 Å². The first-order chi connectivity index (χ1) is 8.85. The second-order valence-corrected chi connectivity index (χ2v) is 5.32. The normalized spacial score (nSPS) is 13.1. The molecule has 4 nitrogen and oxygen atoms in total. The Labute approximate surface area is 114 Å². The molecule has 0 radical (unpaired) electrons. The molecular formula is C15H23NO3. The van der Waals surface area contributed by atoms with Crippen LogP contribution in [-0.4, -0.2) is 30.3 Å². The number of hydrogen-bond acceptors (Lipinski definition) is 3. The highest BCUT2D eigenvalue weighted by molar-refractivity contribution is 5.83. The first-order valence-electron chi connectivity index (χ1n) is 6.47. The predicted octanol–water partition coefficient (Wildman–Crippen LogP) is 2.43. The van der Waals surface area contributed by atoms with Crippen molar-refractivity contribution < 1.29 is 14.6 Å². The monoisotopic (exact) mass is 265 g/mol. The van der Waals surface area contributed by atoms with Gasteiger partial charge in [-0.15, -0.1) is 0 Å². The number of methoxy groups -OCH3 is 1. The number of aromatic hydroxyl groups is 1. The fourth-order valence-electron chi connectivity index (χ4n) is 1.66. The number of phenolic OH excluding ortho intramolecular Hbond substituents is 1. The maximum atomic E-state index is 12.0. The van der Waals surface area contributed by atoms with Gasteiger partial charge in [-0.05, 0) is 44.9 Å². The summed E-state index contributed by atoms with van der Waals surface area (Å²) in [5, 5.41) is 12.1. The fourth-order valence-corrected chi connectivity index (χ4v) is 1.66. The van der Waals surface area contributed by atoms with Gasteiger partial charge in [0, 0.05) is 13.7 Å². The topological polar surface area (TPSA) is 58.6 Å². The van der Waals surface area contributed by atoms with Crippen molar-refractivity contribution in [3.05, 3.63) is 29.8 Å². The van der Waals surface area contributed by atoms with Crippen molar-refractivity contribution in [1.82, 2.24) is 5.32 Å². The van der Waals surface area contributed by atoms with E-state index in [1.54, 1.807) is 31.4 Å². The summed E-state index contributed by atoms with van der Waals surface area (Å²) in [7, 11) is 1.67. The van der Waals surface area contributed by atoms with Crippen molar-refractivity contribution in [1.29, 1.82) is 0 Å². The third kappa shape index (κ3) is 4.91. The van der Waals surface area contributed by atoms with E-state index in [0.717, 1.165) is 12.0 Å². The second-order valence-electron chi connectivity index (χ2n) is 5.32. The summed E-state index contributed by atoms with van der Waals surface area (Å²) in [5.74, 6) is -0.0398. The van der Waals surface area contributed by atoms with Crippen molar-refractivity contribution in [2.45, 2.75) is 38.7 Å². The van der Waals surface area contributed by atoms with Crippen LogP contribution >= 0.6 is 0 Å². The van der Waals surface area contributed by atoms with E-state index in [9.17, 15) is 9.90 Å². The summed E-state index contributed by atoms with van der Waals surface area (Å²) in [4.78, 5) is 12.0. The number of benzene rings is 1. The molecule has 0 aliphatic carbocycles. The van der Waals surface area contributed by atoms with Crippen molar-refractivity contribution in [3.8, 4) is 5.75 Å². The van der Waals surface area contributed by atoms with Gasteiger partial charge in [0.15, 0.2) is 0 Å². The van der Waals surface area contributed by atoms with Crippen LogP contribution in [0.1, 0.15) is 38.7 Å². The molecule has 0 aliphatic rings. The van der Waals surface area contributed by atoms with E-state index in [4.69, 9.17) is 4.74 Å². The minimum atomic E-state index is -0.230. The van der Waals surface area contributed by atoms with E-state index in [0.29, 0.717) is 6.54 Å². The third-order valence-corrected chi connectivity index (χ3v) is 3.37. The Morgan fingerprint density at radius 2 is 1.95 bits per heavy atom. The summed E-state index contributed by atoms with van der Waals surface area (Å²) >= 11 is 0. The van der Waals surface area contributed by atoms with Gasteiger partial charge in [-0.1, -0.05) is 12.1 Å². The highest BCUT2D eigenvalue weighted by Gasteiger charge is 2.18. The standard InChI is InChI=1S/C15H23NO3/c1-11(12-5-7-13(17)8-6-12)14(18)16-10-9-15(2,3)19-4/h5-8,11,17H,9-10H2,1-4H3,(H,16,18)/t11-/m0/s1. The quantitative estimate of drug-likeness (QED) is 0.830. The zero-order valence-corrected chi connectivity index (χ0v) is 12.1. The molecule has 0 bridgehead atoms. The lowest BCUT2D eigenvalue weighted by molar-refractivity contribution is -0.122. The van der Waals surface area contributed by atoms with Gasteiger partial charge >= 0.3 is 0 Å². The van der Waals surface area contributed by atoms with Crippen molar-refractivity contribution in [2.24, 2.45) is 0 Å². The van der Waals surface area contributed by atoms with Gasteiger partial charge in [0.05, 0.1) is 11.5 Å². The number of carbonyl (C=O) groups is 1. The minimum absolute atomic E-state index is 0.0161. The van der Waals surface area contributed by atoms with Gasteiger partial charge in [-0.3, -0.25) is 4.79 Å². The molecule has 0 unspecified atom stereocenters. The number of hydrogen-bond donors (Lipinski definition) is 2. The maximum Gasteiger partial charge on any atom is 0.227 e. The molecule has 1 rings (SSSR count). The Morgan fingerprint density at radius 1 is 1.37 bits per heavy atom. The summed E-state index contributed by atoms with van der Waals surface area (Å²) in [6.07, 6.45) is 0.761. The lowest BCUT2D eigenvalue weighted by Gasteiger charge is -2.23. The van der Waals surface area contributed by atoms with Crippen LogP contribution in [0.2, 0.25) is 0 Å². The molecule has 1 aromatic rings. The summed E-state index contributed by atoms with van der Waals surface area (Å²) in [6.45, 7) is 6.41. The minimum Gasteiger partial charge on any atom is -0.508 e. The van der Waals surface area contributed by atoms with E-state index < -0.39 is 0 Å². The first kappa shape index (κ1) is 15.5. The van der Waals surface area contributed by atoms with Gasteiger partial charge in [-0.25, -0.2) is 0 Å². The molecule has 0 fully saturated rings. The van der Waals surface area contributed by atoms with Gasteiger partial charge in [0.1, 0.15) is 5.75 Å². The largest absolute Gasteiger partial charge is 0.508 e. The molecule has 0 saturated heterocycles. The van der Waals surface area contributed by atoms with Gasteiger partial charge < -0.3 is 15.2 Å². The van der Waals surface area contributed by atoms with E-state index in [1.807, 2.05) is 20.8 Å². The number of amides is 1. The molecule has 106 valence electrons. The summed E-state index contributed by atoms with van der Waals surface area (Å²) in [5.41, 5.74) is 0.663. The van der Waals surface area contributed by atoms with Crippen LogP contribution in [0.3, 0.4) is 0 Å². The van der Waals surface area contributed by atoms with E-state index >= 15 is 0 Å². The van der Waals surface area contributed by atoms with Crippen molar-refractivity contribution >= 4 is 5.91 Å². The van der Waals surface area contributed by atoms with Gasteiger partial charge in [-0.2, -0.15) is 0 Å². The van der Waals surface area contributed by atoms with Crippen molar-refractivity contribution in [2.75, 3.05) is 13.7 Å². The van der Waals surface area contributed by atoms with Crippen LogP contribution in [0, 0.1) is 0 Å².